The largest absolute Gasteiger partial charge is 0.496 e. The number of hydrogen-bond acceptors (Lipinski definition) is 4. The highest BCUT2D eigenvalue weighted by Gasteiger charge is 2.14. The summed E-state index contributed by atoms with van der Waals surface area (Å²) >= 11 is 0. The SMILES string of the molecule is COc1ccc(OCc2ccccc2)cc1-c1cc(OCc2ccccc2)ccc1OC. The smallest absolute Gasteiger partial charge is 0.127 e. The van der Waals surface area contributed by atoms with E-state index < -0.39 is 0 Å². The van der Waals surface area contributed by atoms with Crippen LogP contribution in [-0.2, 0) is 13.2 Å². The molecule has 0 N–H and O–H groups in total. The van der Waals surface area contributed by atoms with Gasteiger partial charge >= 0.3 is 0 Å². The molecule has 0 radical (unpaired) electrons. The van der Waals surface area contributed by atoms with Crippen LogP contribution in [0.25, 0.3) is 11.1 Å². The summed E-state index contributed by atoms with van der Waals surface area (Å²) in [4.78, 5) is 0. The molecule has 0 amide bonds. The average Bonchev–Trinajstić information content (AvgIpc) is 2.87. The fourth-order valence-corrected chi connectivity index (χ4v) is 3.46. The lowest BCUT2D eigenvalue weighted by Gasteiger charge is -2.16. The Labute approximate surface area is 189 Å². The van der Waals surface area contributed by atoms with Crippen LogP contribution >= 0.6 is 0 Å². The molecule has 0 saturated heterocycles. The van der Waals surface area contributed by atoms with E-state index in [1.165, 1.54) is 0 Å². The summed E-state index contributed by atoms with van der Waals surface area (Å²) in [6.07, 6.45) is 0. The summed E-state index contributed by atoms with van der Waals surface area (Å²) in [6.45, 7) is 0.980. The standard InChI is InChI=1S/C28H26O4/c1-29-27-15-13-23(31-19-21-9-5-3-6-10-21)17-25(27)26-18-24(14-16-28(26)30-2)32-20-22-11-7-4-8-12-22/h3-18H,19-20H2,1-2H3. The van der Waals surface area contributed by atoms with Gasteiger partial charge in [0.05, 0.1) is 14.2 Å². The van der Waals surface area contributed by atoms with Crippen LogP contribution < -0.4 is 18.9 Å². The lowest BCUT2D eigenvalue weighted by atomic mass is 10.0. The molecule has 0 unspecified atom stereocenters. The summed E-state index contributed by atoms with van der Waals surface area (Å²) in [5.74, 6) is 2.97. The van der Waals surface area contributed by atoms with Gasteiger partial charge in [0, 0.05) is 11.1 Å². The fourth-order valence-electron chi connectivity index (χ4n) is 3.46. The van der Waals surface area contributed by atoms with E-state index in [4.69, 9.17) is 18.9 Å². The van der Waals surface area contributed by atoms with Gasteiger partial charge in [-0.05, 0) is 47.5 Å². The lowest BCUT2D eigenvalue weighted by molar-refractivity contribution is 0.305. The van der Waals surface area contributed by atoms with Gasteiger partial charge in [0.1, 0.15) is 36.2 Å². The van der Waals surface area contributed by atoms with Crippen LogP contribution in [0.1, 0.15) is 11.1 Å². The molecule has 0 aliphatic heterocycles. The Hall–Kier alpha value is -3.92. The third-order valence-corrected chi connectivity index (χ3v) is 5.13. The highest BCUT2D eigenvalue weighted by Crippen LogP contribution is 2.40. The molecule has 4 heteroatoms. The maximum atomic E-state index is 6.04. The van der Waals surface area contributed by atoms with Crippen molar-refractivity contribution in [3.63, 3.8) is 0 Å². The zero-order valence-corrected chi connectivity index (χ0v) is 18.3. The number of rotatable bonds is 9. The van der Waals surface area contributed by atoms with Gasteiger partial charge in [-0.15, -0.1) is 0 Å². The van der Waals surface area contributed by atoms with Crippen molar-refractivity contribution in [2.24, 2.45) is 0 Å². The van der Waals surface area contributed by atoms with Crippen molar-refractivity contribution >= 4 is 0 Å². The molecule has 0 fully saturated rings. The molecule has 4 aromatic carbocycles. The summed E-state index contributed by atoms with van der Waals surface area (Å²) in [7, 11) is 3.32. The van der Waals surface area contributed by atoms with Gasteiger partial charge < -0.3 is 18.9 Å². The summed E-state index contributed by atoms with van der Waals surface area (Å²) < 4.78 is 23.3. The quantitative estimate of drug-likeness (QED) is 0.305. The molecule has 0 bridgehead atoms. The highest BCUT2D eigenvalue weighted by molar-refractivity contribution is 5.78. The first kappa shape index (κ1) is 21.3. The molecule has 0 spiro atoms. The monoisotopic (exact) mass is 426 g/mol. The van der Waals surface area contributed by atoms with Crippen molar-refractivity contribution in [2.75, 3.05) is 14.2 Å². The van der Waals surface area contributed by atoms with Crippen molar-refractivity contribution < 1.29 is 18.9 Å². The number of benzene rings is 4. The zero-order chi connectivity index (χ0) is 22.2. The highest BCUT2D eigenvalue weighted by atomic mass is 16.5. The van der Waals surface area contributed by atoms with Gasteiger partial charge in [-0.1, -0.05) is 60.7 Å². The second-order valence-corrected chi connectivity index (χ2v) is 7.27. The first-order valence-corrected chi connectivity index (χ1v) is 10.5. The van der Waals surface area contributed by atoms with Gasteiger partial charge in [0.25, 0.3) is 0 Å². The molecule has 4 rings (SSSR count). The van der Waals surface area contributed by atoms with E-state index in [9.17, 15) is 0 Å². The summed E-state index contributed by atoms with van der Waals surface area (Å²) in [5.41, 5.74) is 3.97. The second kappa shape index (κ2) is 10.4. The predicted molar refractivity (Wildman–Crippen MR) is 127 cm³/mol. The van der Waals surface area contributed by atoms with Crippen LogP contribution in [0.15, 0.2) is 97.1 Å². The van der Waals surface area contributed by atoms with E-state index in [1.54, 1.807) is 14.2 Å². The summed E-state index contributed by atoms with van der Waals surface area (Å²) in [6, 6.07) is 31.8. The van der Waals surface area contributed by atoms with Crippen molar-refractivity contribution in [1.29, 1.82) is 0 Å². The Kier molecular flexibility index (Phi) is 6.93. The zero-order valence-electron chi connectivity index (χ0n) is 18.3. The van der Waals surface area contributed by atoms with E-state index in [0.717, 1.165) is 45.3 Å². The van der Waals surface area contributed by atoms with Crippen LogP contribution in [0, 0.1) is 0 Å². The van der Waals surface area contributed by atoms with E-state index in [2.05, 4.69) is 0 Å². The number of ether oxygens (including phenoxy) is 4. The molecule has 4 nitrogen and oxygen atoms in total. The van der Waals surface area contributed by atoms with Gasteiger partial charge in [-0.2, -0.15) is 0 Å². The molecule has 0 saturated carbocycles. The maximum Gasteiger partial charge on any atom is 0.127 e. The van der Waals surface area contributed by atoms with E-state index in [1.807, 2.05) is 97.1 Å². The Morgan fingerprint density at radius 2 is 0.906 bits per heavy atom. The molecule has 32 heavy (non-hydrogen) atoms. The Morgan fingerprint density at radius 1 is 0.500 bits per heavy atom. The van der Waals surface area contributed by atoms with Crippen LogP contribution in [0.5, 0.6) is 23.0 Å². The van der Waals surface area contributed by atoms with Crippen molar-refractivity contribution in [2.45, 2.75) is 13.2 Å². The first-order chi connectivity index (χ1) is 15.8. The Balaban J connectivity index is 1.61. The first-order valence-electron chi connectivity index (χ1n) is 10.5. The molecule has 4 aromatic rings. The Bertz CT molecular complexity index is 1050. The van der Waals surface area contributed by atoms with Crippen LogP contribution in [0.3, 0.4) is 0 Å². The van der Waals surface area contributed by atoms with E-state index in [-0.39, 0.29) is 0 Å². The van der Waals surface area contributed by atoms with E-state index >= 15 is 0 Å². The molecule has 0 atom stereocenters. The maximum absolute atomic E-state index is 6.04. The number of hydrogen-bond donors (Lipinski definition) is 0. The fraction of sp³-hybridized carbons (Fsp3) is 0.143. The van der Waals surface area contributed by atoms with Gasteiger partial charge in [0.15, 0.2) is 0 Å². The molecule has 0 aliphatic rings. The Morgan fingerprint density at radius 3 is 1.28 bits per heavy atom. The van der Waals surface area contributed by atoms with Gasteiger partial charge in [-0.3, -0.25) is 0 Å². The molecular formula is C28H26O4. The third-order valence-electron chi connectivity index (χ3n) is 5.13. The molecular weight excluding hydrogens is 400 g/mol. The molecule has 0 aromatic heterocycles. The minimum absolute atomic E-state index is 0.490. The van der Waals surface area contributed by atoms with Crippen LogP contribution in [0.4, 0.5) is 0 Å². The van der Waals surface area contributed by atoms with Crippen molar-refractivity contribution in [3.8, 4) is 34.1 Å². The predicted octanol–water partition coefficient (Wildman–Crippen LogP) is 6.53. The van der Waals surface area contributed by atoms with Crippen LogP contribution in [-0.4, -0.2) is 14.2 Å². The molecule has 162 valence electrons. The summed E-state index contributed by atoms with van der Waals surface area (Å²) in [5, 5.41) is 0. The van der Waals surface area contributed by atoms with Crippen LogP contribution in [0.2, 0.25) is 0 Å². The van der Waals surface area contributed by atoms with E-state index in [0.29, 0.717) is 13.2 Å². The minimum Gasteiger partial charge on any atom is -0.496 e. The average molecular weight is 427 g/mol. The molecule has 0 heterocycles. The lowest BCUT2D eigenvalue weighted by Crippen LogP contribution is -1.98. The topological polar surface area (TPSA) is 36.9 Å². The second-order valence-electron chi connectivity index (χ2n) is 7.27. The van der Waals surface area contributed by atoms with Gasteiger partial charge in [-0.25, -0.2) is 0 Å². The third kappa shape index (κ3) is 5.22. The normalized spacial score (nSPS) is 10.4. The molecule has 0 aliphatic carbocycles. The minimum atomic E-state index is 0.490. The van der Waals surface area contributed by atoms with Crippen molar-refractivity contribution in [1.82, 2.24) is 0 Å². The van der Waals surface area contributed by atoms with Crippen molar-refractivity contribution in [3.05, 3.63) is 108 Å². The van der Waals surface area contributed by atoms with Gasteiger partial charge in [0.2, 0.25) is 0 Å². The number of methoxy groups -OCH3 is 2.